The maximum absolute atomic E-state index is 5.81. The normalized spacial score (nSPS) is 12.4. The third kappa shape index (κ3) is 5.59. The van der Waals surface area contributed by atoms with E-state index in [1.165, 1.54) is 6.42 Å². The van der Waals surface area contributed by atoms with E-state index < -0.39 is 0 Å². The summed E-state index contributed by atoms with van der Waals surface area (Å²) in [6, 6.07) is 2.29. The lowest BCUT2D eigenvalue weighted by atomic mass is 10.1. The lowest BCUT2D eigenvalue weighted by Crippen LogP contribution is -2.26. The number of nitrogens with one attached hydrogen (secondary N) is 1. The van der Waals surface area contributed by atoms with Gasteiger partial charge in [-0.1, -0.05) is 26.1 Å². The molecule has 1 heterocycles. The summed E-state index contributed by atoms with van der Waals surface area (Å²) in [6.45, 7) is 12.0. The number of nitrogens with zero attached hydrogens (tertiary/aromatic N) is 2. The van der Waals surface area contributed by atoms with Crippen molar-refractivity contribution < 1.29 is 0 Å². The highest BCUT2D eigenvalue weighted by Gasteiger charge is 2.12. The van der Waals surface area contributed by atoms with Crippen molar-refractivity contribution in [3.05, 3.63) is 23.4 Å². The van der Waals surface area contributed by atoms with Gasteiger partial charge in [-0.25, -0.2) is 4.98 Å². The highest BCUT2D eigenvalue weighted by molar-refractivity contribution is 7.80. The van der Waals surface area contributed by atoms with E-state index in [0.717, 1.165) is 43.0 Å². The molecule has 1 atom stereocenters. The fourth-order valence-corrected chi connectivity index (χ4v) is 2.70. The van der Waals surface area contributed by atoms with Gasteiger partial charge >= 0.3 is 0 Å². The average molecular weight is 308 g/mol. The second kappa shape index (κ2) is 8.95. The molecule has 0 spiro atoms. The molecule has 0 radical (unpaired) electrons. The molecule has 4 nitrogen and oxygen atoms in total. The third-order valence-electron chi connectivity index (χ3n) is 3.79. The summed E-state index contributed by atoms with van der Waals surface area (Å²) in [4.78, 5) is 7.23. The standard InChI is InChI=1S/C16H28N4S/c1-5-20(6-2)11-7-8-13(4)19-16-14(15(17)21)12(3)9-10-18-16/h9-10,13H,5-8,11H2,1-4H3,(H2,17,21)(H,18,19). The second-order valence-corrected chi connectivity index (χ2v) is 5.87. The lowest BCUT2D eigenvalue weighted by molar-refractivity contribution is 0.295. The number of thiocarbonyl (C=S) groups is 1. The van der Waals surface area contributed by atoms with Crippen molar-refractivity contribution in [3.63, 3.8) is 0 Å². The summed E-state index contributed by atoms with van der Waals surface area (Å²) in [7, 11) is 0. The van der Waals surface area contributed by atoms with E-state index in [1.807, 2.05) is 13.0 Å². The first kappa shape index (κ1) is 17.9. The Morgan fingerprint density at radius 1 is 1.43 bits per heavy atom. The Bertz CT molecular complexity index is 458. The maximum atomic E-state index is 5.81. The molecule has 0 amide bonds. The molecule has 0 fully saturated rings. The molecule has 0 saturated carbocycles. The fraction of sp³-hybridized carbons (Fsp3) is 0.625. The molecule has 0 aromatic carbocycles. The van der Waals surface area contributed by atoms with Crippen LogP contribution in [0.15, 0.2) is 12.3 Å². The maximum Gasteiger partial charge on any atom is 0.136 e. The Morgan fingerprint density at radius 2 is 2.10 bits per heavy atom. The first-order valence-electron chi connectivity index (χ1n) is 7.73. The van der Waals surface area contributed by atoms with Gasteiger partial charge in [0.05, 0.1) is 5.56 Å². The SMILES string of the molecule is CCN(CC)CCCC(C)Nc1nccc(C)c1C(N)=S. The summed E-state index contributed by atoms with van der Waals surface area (Å²) in [5.74, 6) is 0.804. The molecule has 1 unspecified atom stereocenters. The minimum absolute atomic E-state index is 0.350. The van der Waals surface area contributed by atoms with E-state index in [9.17, 15) is 0 Å². The van der Waals surface area contributed by atoms with Crippen molar-refractivity contribution in [2.45, 2.75) is 46.6 Å². The van der Waals surface area contributed by atoms with Crippen molar-refractivity contribution in [2.75, 3.05) is 25.0 Å². The van der Waals surface area contributed by atoms with Gasteiger partial charge in [0.25, 0.3) is 0 Å². The molecule has 1 aromatic heterocycles. The average Bonchev–Trinajstić information content (AvgIpc) is 2.43. The molecule has 5 heteroatoms. The molecule has 0 bridgehead atoms. The highest BCUT2D eigenvalue weighted by Crippen LogP contribution is 2.18. The number of nitrogens with two attached hydrogens (primary N) is 1. The minimum atomic E-state index is 0.350. The Hall–Kier alpha value is -1.20. The molecule has 3 N–H and O–H groups in total. The number of pyridine rings is 1. The zero-order valence-electron chi connectivity index (χ0n) is 13.6. The van der Waals surface area contributed by atoms with Gasteiger partial charge in [-0.05, 0) is 58.0 Å². The van der Waals surface area contributed by atoms with Crippen LogP contribution in [0.1, 0.15) is 44.7 Å². The van der Waals surface area contributed by atoms with Gasteiger partial charge in [0, 0.05) is 12.2 Å². The number of hydrogen-bond acceptors (Lipinski definition) is 4. The van der Waals surface area contributed by atoms with Crippen LogP contribution >= 0.6 is 12.2 Å². The van der Waals surface area contributed by atoms with Crippen molar-refractivity contribution in [1.29, 1.82) is 0 Å². The molecule has 1 rings (SSSR count). The number of aromatic nitrogens is 1. The van der Waals surface area contributed by atoms with Crippen molar-refractivity contribution in [2.24, 2.45) is 5.73 Å². The van der Waals surface area contributed by atoms with E-state index in [2.05, 4.69) is 36.0 Å². The molecule has 0 aliphatic carbocycles. The molecule has 21 heavy (non-hydrogen) atoms. The fourth-order valence-electron chi connectivity index (χ4n) is 2.45. The van der Waals surface area contributed by atoms with Crippen LogP contribution in [0.5, 0.6) is 0 Å². The van der Waals surface area contributed by atoms with Crippen LogP contribution in [0.2, 0.25) is 0 Å². The highest BCUT2D eigenvalue weighted by atomic mass is 32.1. The number of anilines is 1. The topological polar surface area (TPSA) is 54.2 Å². The monoisotopic (exact) mass is 308 g/mol. The first-order valence-corrected chi connectivity index (χ1v) is 8.14. The largest absolute Gasteiger partial charge is 0.389 e. The molecular formula is C16H28N4S. The van der Waals surface area contributed by atoms with Crippen molar-refractivity contribution in [3.8, 4) is 0 Å². The Kier molecular flexibility index (Phi) is 7.61. The van der Waals surface area contributed by atoms with Crippen LogP contribution in [-0.4, -0.2) is 40.5 Å². The molecule has 0 saturated heterocycles. The number of aryl methyl sites for hydroxylation is 1. The summed E-state index contributed by atoms with van der Waals surface area (Å²) in [5, 5.41) is 3.45. The Labute approximate surface area is 134 Å². The van der Waals surface area contributed by atoms with Crippen LogP contribution in [0.25, 0.3) is 0 Å². The van der Waals surface area contributed by atoms with Gasteiger partial charge in [0.15, 0.2) is 0 Å². The molecule has 1 aromatic rings. The van der Waals surface area contributed by atoms with Gasteiger partial charge in [-0.3, -0.25) is 0 Å². The van der Waals surface area contributed by atoms with Gasteiger partial charge in [0.1, 0.15) is 10.8 Å². The van der Waals surface area contributed by atoms with Crippen LogP contribution in [0.4, 0.5) is 5.82 Å². The summed E-state index contributed by atoms with van der Waals surface area (Å²) in [6.07, 6.45) is 4.06. The lowest BCUT2D eigenvalue weighted by Gasteiger charge is -2.21. The number of rotatable bonds is 9. The van der Waals surface area contributed by atoms with E-state index in [4.69, 9.17) is 18.0 Å². The van der Waals surface area contributed by atoms with E-state index in [1.54, 1.807) is 6.20 Å². The molecular weight excluding hydrogens is 280 g/mol. The predicted molar refractivity (Wildman–Crippen MR) is 95.0 cm³/mol. The second-order valence-electron chi connectivity index (χ2n) is 5.43. The molecule has 0 aliphatic heterocycles. The van der Waals surface area contributed by atoms with Gasteiger partial charge in [-0.15, -0.1) is 0 Å². The van der Waals surface area contributed by atoms with Crippen LogP contribution in [-0.2, 0) is 0 Å². The van der Waals surface area contributed by atoms with Crippen molar-refractivity contribution >= 4 is 23.0 Å². The van der Waals surface area contributed by atoms with Crippen molar-refractivity contribution in [1.82, 2.24) is 9.88 Å². The van der Waals surface area contributed by atoms with E-state index in [-0.39, 0.29) is 0 Å². The van der Waals surface area contributed by atoms with Gasteiger partial charge in [0.2, 0.25) is 0 Å². The van der Waals surface area contributed by atoms with Crippen LogP contribution in [0, 0.1) is 6.92 Å². The predicted octanol–water partition coefficient (Wildman–Crippen LogP) is 2.95. The minimum Gasteiger partial charge on any atom is -0.389 e. The van der Waals surface area contributed by atoms with E-state index in [0.29, 0.717) is 11.0 Å². The zero-order chi connectivity index (χ0) is 15.8. The van der Waals surface area contributed by atoms with Crippen LogP contribution in [0.3, 0.4) is 0 Å². The quantitative estimate of drug-likeness (QED) is 0.687. The smallest absolute Gasteiger partial charge is 0.136 e. The van der Waals surface area contributed by atoms with Gasteiger partial charge < -0.3 is 16.0 Å². The molecule has 0 aliphatic rings. The van der Waals surface area contributed by atoms with Crippen LogP contribution < -0.4 is 11.1 Å². The third-order valence-corrected chi connectivity index (χ3v) is 4.00. The van der Waals surface area contributed by atoms with Gasteiger partial charge in [-0.2, -0.15) is 0 Å². The Morgan fingerprint density at radius 3 is 2.67 bits per heavy atom. The zero-order valence-corrected chi connectivity index (χ0v) is 14.5. The summed E-state index contributed by atoms with van der Waals surface area (Å²) in [5.41, 5.74) is 7.74. The summed E-state index contributed by atoms with van der Waals surface area (Å²) >= 11 is 5.13. The summed E-state index contributed by atoms with van der Waals surface area (Å²) < 4.78 is 0. The number of hydrogen-bond donors (Lipinski definition) is 2. The Balaban J connectivity index is 2.57. The van der Waals surface area contributed by atoms with E-state index >= 15 is 0 Å². The molecule has 118 valence electrons. The first-order chi connectivity index (χ1) is 9.99.